The Kier molecular flexibility index (Phi) is 3.35. The lowest BCUT2D eigenvalue weighted by Gasteiger charge is -2.03. The highest BCUT2D eigenvalue weighted by Crippen LogP contribution is 2.39. The number of thiophene rings is 1. The van der Waals surface area contributed by atoms with Gasteiger partial charge in [-0.05, 0) is 34.1 Å². The molecule has 0 aliphatic rings. The standard InChI is InChI=1S/C12H4BrClF2N2OS/c13-11-6(14)3-9(20-11)10-4-1-7(15)8(16)2-5(4)12(19)18-17-10/h1-3H,(H,18,19). The molecule has 0 radical (unpaired) electrons. The summed E-state index contributed by atoms with van der Waals surface area (Å²) in [7, 11) is 0. The minimum absolute atomic E-state index is 0.0366. The molecule has 8 heteroatoms. The van der Waals surface area contributed by atoms with Crippen LogP contribution in [0.25, 0.3) is 21.3 Å². The molecule has 2 aromatic heterocycles. The molecule has 1 aromatic carbocycles. The number of hydrogen-bond acceptors (Lipinski definition) is 3. The lowest BCUT2D eigenvalue weighted by Crippen LogP contribution is -2.10. The summed E-state index contributed by atoms with van der Waals surface area (Å²) in [5.74, 6) is -2.11. The summed E-state index contributed by atoms with van der Waals surface area (Å²) in [6, 6.07) is 3.46. The van der Waals surface area contributed by atoms with Gasteiger partial charge in [0.25, 0.3) is 5.56 Å². The number of rotatable bonds is 1. The highest BCUT2D eigenvalue weighted by molar-refractivity contribution is 9.11. The van der Waals surface area contributed by atoms with Crippen LogP contribution in [0, 0.1) is 11.6 Å². The van der Waals surface area contributed by atoms with Crippen LogP contribution >= 0.6 is 38.9 Å². The van der Waals surface area contributed by atoms with Gasteiger partial charge in [0.1, 0.15) is 5.69 Å². The molecule has 102 valence electrons. The Labute approximate surface area is 128 Å². The van der Waals surface area contributed by atoms with Crippen LogP contribution in [0.3, 0.4) is 0 Å². The van der Waals surface area contributed by atoms with E-state index in [-0.39, 0.29) is 10.8 Å². The monoisotopic (exact) mass is 376 g/mol. The minimum atomic E-state index is -1.08. The van der Waals surface area contributed by atoms with E-state index in [9.17, 15) is 13.6 Å². The number of fused-ring (bicyclic) bond motifs is 1. The first-order valence-corrected chi connectivity index (χ1v) is 7.29. The quantitative estimate of drug-likeness (QED) is 0.685. The van der Waals surface area contributed by atoms with E-state index >= 15 is 0 Å². The van der Waals surface area contributed by atoms with Crippen molar-refractivity contribution in [3.63, 3.8) is 0 Å². The molecule has 3 nitrogen and oxygen atoms in total. The number of hydrogen-bond donors (Lipinski definition) is 1. The fraction of sp³-hybridized carbons (Fsp3) is 0. The fourth-order valence-corrected chi connectivity index (χ4v) is 3.51. The number of benzene rings is 1. The summed E-state index contributed by atoms with van der Waals surface area (Å²) in [6.45, 7) is 0. The number of halogens is 4. The molecule has 0 fully saturated rings. The van der Waals surface area contributed by atoms with Crippen molar-refractivity contribution in [3.05, 3.63) is 49.0 Å². The summed E-state index contributed by atoms with van der Waals surface area (Å²) in [6.07, 6.45) is 0. The van der Waals surface area contributed by atoms with E-state index < -0.39 is 17.2 Å². The molecule has 2 heterocycles. The molecule has 0 bridgehead atoms. The van der Waals surface area contributed by atoms with E-state index in [2.05, 4.69) is 26.1 Å². The molecular formula is C12H4BrClF2N2OS. The second-order valence-electron chi connectivity index (χ2n) is 3.95. The lowest BCUT2D eigenvalue weighted by molar-refractivity contribution is 0.511. The number of aromatic amines is 1. The smallest absolute Gasteiger partial charge is 0.267 e. The molecule has 0 aliphatic carbocycles. The van der Waals surface area contributed by atoms with Crippen molar-refractivity contribution in [2.45, 2.75) is 0 Å². The molecule has 0 spiro atoms. The van der Waals surface area contributed by atoms with Crippen molar-refractivity contribution >= 4 is 49.6 Å². The number of nitrogens with one attached hydrogen (secondary N) is 1. The van der Waals surface area contributed by atoms with Crippen LogP contribution in [0.5, 0.6) is 0 Å². The Bertz CT molecular complexity index is 874. The van der Waals surface area contributed by atoms with E-state index in [1.165, 1.54) is 11.3 Å². The van der Waals surface area contributed by atoms with Crippen LogP contribution in [0.15, 0.2) is 26.8 Å². The molecule has 3 rings (SSSR count). The third-order valence-electron chi connectivity index (χ3n) is 2.71. The fourth-order valence-electron chi connectivity index (χ4n) is 1.81. The van der Waals surface area contributed by atoms with Gasteiger partial charge in [-0.3, -0.25) is 4.79 Å². The average Bonchev–Trinajstić information content (AvgIpc) is 2.72. The molecule has 0 atom stereocenters. The second-order valence-corrected chi connectivity index (χ2v) is 6.72. The maximum Gasteiger partial charge on any atom is 0.272 e. The van der Waals surface area contributed by atoms with Crippen LogP contribution in [-0.2, 0) is 0 Å². The third-order valence-corrected chi connectivity index (χ3v) is 5.19. The Balaban J connectivity index is 2.39. The van der Waals surface area contributed by atoms with Gasteiger partial charge in [0.05, 0.1) is 19.1 Å². The first-order chi connectivity index (χ1) is 9.47. The van der Waals surface area contributed by atoms with Crippen molar-refractivity contribution in [2.75, 3.05) is 0 Å². The van der Waals surface area contributed by atoms with Gasteiger partial charge in [-0.25, -0.2) is 13.9 Å². The predicted molar refractivity (Wildman–Crippen MR) is 78.3 cm³/mol. The van der Waals surface area contributed by atoms with Crippen molar-refractivity contribution in [2.24, 2.45) is 0 Å². The molecular weight excluding hydrogens is 374 g/mol. The normalized spacial score (nSPS) is 11.2. The van der Waals surface area contributed by atoms with Crippen molar-refractivity contribution in [3.8, 4) is 10.6 Å². The number of H-pyrrole nitrogens is 1. The van der Waals surface area contributed by atoms with Crippen LogP contribution in [0.4, 0.5) is 8.78 Å². The largest absolute Gasteiger partial charge is 0.272 e. The third kappa shape index (κ3) is 2.15. The van der Waals surface area contributed by atoms with E-state index in [0.29, 0.717) is 19.4 Å². The van der Waals surface area contributed by atoms with Crippen LogP contribution in [0.1, 0.15) is 0 Å². The van der Waals surface area contributed by atoms with Crippen molar-refractivity contribution in [1.82, 2.24) is 10.2 Å². The highest BCUT2D eigenvalue weighted by Gasteiger charge is 2.15. The van der Waals surface area contributed by atoms with Gasteiger partial charge in [0.15, 0.2) is 11.6 Å². The molecule has 0 amide bonds. The summed E-state index contributed by atoms with van der Waals surface area (Å²) in [5.41, 5.74) is -0.236. The molecule has 20 heavy (non-hydrogen) atoms. The van der Waals surface area contributed by atoms with Crippen LogP contribution in [-0.4, -0.2) is 10.2 Å². The van der Waals surface area contributed by atoms with Gasteiger partial charge in [-0.2, -0.15) is 5.10 Å². The Morgan fingerprint density at radius 2 is 1.85 bits per heavy atom. The van der Waals surface area contributed by atoms with E-state index in [0.717, 1.165) is 12.1 Å². The summed E-state index contributed by atoms with van der Waals surface area (Å²) >= 11 is 10.5. The van der Waals surface area contributed by atoms with Gasteiger partial charge < -0.3 is 0 Å². The summed E-state index contributed by atoms with van der Waals surface area (Å²) in [4.78, 5) is 12.3. The molecule has 0 aliphatic heterocycles. The van der Waals surface area contributed by atoms with Crippen molar-refractivity contribution < 1.29 is 8.78 Å². The molecule has 0 unspecified atom stereocenters. The van der Waals surface area contributed by atoms with Crippen molar-refractivity contribution in [1.29, 1.82) is 0 Å². The second kappa shape index (κ2) is 4.91. The zero-order valence-corrected chi connectivity index (χ0v) is 12.7. The highest BCUT2D eigenvalue weighted by atomic mass is 79.9. The molecule has 0 saturated carbocycles. The molecule has 1 N–H and O–H groups in total. The van der Waals surface area contributed by atoms with Crippen LogP contribution < -0.4 is 5.56 Å². The minimum Gasteiger partial charge on any atom is -0.267 e. The number of nitrogens with zero attached hydrogens (tertiary/aromatic N) is 1. The maximum absolute atomic E-state index is 13.4. The van der Waals surface area contributed by atoms with Gasteiger partial charge in [0, 0.05) is 5.39 Å². The Hall–Kier alpha value is -1.31. The zero-order chi connectivity index (χ0) is 14.4. The SMILES string of the molecule is O=c1[nH]nc(-c2cc(Cl)c(Br)s2)c2cc(F)c(F)cc12. The molecule has 0 saturated heterocycles. The molecule has 3 aromatic rings. The van der Waals surface area contributed by atoms with Gasteiger partial charge in [-0.1, -0.05) is 11.6 Å². The first kappa shape index (κ1) is 13.7. The Morgan fingerprint density at radius 1 is 1.20 bits per heavy atom. The lowest BCUT2D eigenvalue weighted by atomic mass is 10.1. The van der Waals surface area contributed by atoms with E-state index in [1.807, 2.05) is 0 Å². The topological polar surface area (TPSA) is 45.8 Å². The van der Waals surface area contributed by atoms with Gasteiger partial charge in [0.2, 0.25) is 0 Å². The number of aromatic nitrogens is 2. The summed E-state index contributed by atoms with van der Waals surface area (Å²) < 4.78 is 27.4. The van der Waals surface area contributed by atoms with Crippen LogP contribution in [0.2, 0.25) is 5.02 Å². The van der Waals surface area contributed by atoms with Gasteiger partial charge in [-0.15, -0.1) is 11.3 Å². The Morgan fingerprint density at radius 3 is 2.45 bits per heavy atom. The maximum atomic E-state index is 13.4. The average molecular weight is 378 g/mol. The predicted octanol–water partition coefficient (Wildman–Crippen LogP) is 4.35. The zero-order valence-electron chi connectivity index (χ0n) is 9.51. The van der Waals surface area contributed by atoms with E-state index in [1.54, 1.807) is 6.07 Å². The van der Waals surface area contributed by atoms with Gasteiger partial charge >= 0.3 is 0 Å². The summed E-state index contributed by atoms with van der Waals surface area (Å²) in [5, 5.41) is 6.93. The van der Waals surface area contributed by atoms with E-state index in [4.69, 9.17) is 11.6 Å². The first-order valence-electron chi connectivity index (χ1n) is 5.30.